The molecule has 0 aromatic heterocycles. The lowest BCUT2D eigenvalue weighted by Gasteiger charge is -2.32. The molecule has 1 aromatic carbocycles. The van der Waals surface area contributed by atoms with Gasteiger partial charge in [0.15, 0.2) is 6.61 Å². The van der Waals surface area contributed by atoms with Crippen LogP contribution in [-0.2, 0) is 14.3 Å². The minimum atomic E-state index is -0.617. The third kappa shape index (κ3) is 8.60. The van der Waals surface area contributed by atoms with Gasteiger partial charge >= 0.3 is 6.09 Å². The van der Waals surface area contributed by atoms with Gasteiger partial charge in [-0.2, -0.15) is 0 Å². The van der Waals surface area contributed by atoms with E-state index in [1.165, 1.54) is 0 Å². The normalized spacial score (nSPS) is 14.8. The van der Waals surface area contributed by atoms with E-state index in [-0.39, 0.29) is 31.0 Å². The zero-order valence-electron chi connectivity index (χ0n) is 17.0. The minimum absolute atomic E-state index is 0.0146. The summed E-state index contributed by atoms with van der Waals surface area (Å²) in [6, 6.07) is 6.77. The average Bonchev–Trinajstić information content (AvgIpc) is 2.65. The molecule has 0 saturated carbocycles. The highest BCUT2D eigenvalue weighted by molar-refractivity contribution is 6.30. The van der Waals surface area contributed by atoms with Crippen molar-refractivity contribution in [2.45, 2.75) is 45.3 Å². The Morgan fingerprint density at radius 2 is 1.76 bits per heavy atom. The summed E-state index contributed by atoms with van der Waals surface area (Å²) in [5, 5.41) is 5.99. The van der Waals surface area contributed by atoms with Crippen molar-refractivity contribution in [1.29, 1.82) is 0 Å². The van der Waals surface area contributed by atoms with Gasteiger partial charge in [-0.05, 0) is 57.9 Å². The van der Waals surface area contributed by atoms with Crippen molar-refractivity contribution in [3.8, 4) is 5.75 Å². The van der Waals surface area contributed by atoms with Gasteiger partial charge in [-0.25, -0.2) is 4.79 Å². The molecular weight excluding hydrogens is 398 g/mol. The molecule has 0 radical (unpaired) electrons. The predicted molar refractivity (Wildman–Crippen MR) is 109 cm³/mol. The fourth-order valence-corrected chi connectivity index (χ4v) is 2.92. The van der Waals surface area contributed by atoms with E-state index >= 15 is 0 Å². The number of hydrogen-bond donors (Lipinski definition) is 2. The first kappa shape index (κ1) is 22.8. The summed E-state index contributed by atoms with van der Waals surface area (Å²) in [4.78, 5) is 37.6. The van der Waals surface area contributed by atoms with Crippen LogP contribution in [0.5, 0.6) is 5.75 Å². The van der Waals surface area contributed by atoms with Crippen LogP contribution in [0.25, 0.3) is 0 Å². The highest BCUT2D eigenvalue weighted by Gasteiger charge is 2.24. The van der Waals surface area contributed by atoms with Crippen molar-refractivity contribution in [2.75, 3.05) is 26.2 Å². The number of nitrogens with one attached hydrogen (secondary N) is 2. The van der Waals surface area contributed by atoms with Crippen LogP contribution in [-0.4, -0.2) is 60.7 Å². The molecule has 9 heteroatoms. The number of likely N-dealkylation sites (tertiary alicyclic amines) is 1. The molecule has 0 spiro atoms. The van der Waals surface area contributed by atoms with E-state index in [1.54, 1.807) is 49.9 Å². The van der Waals surface area contributed by atoms with Crippen molar-refractivity contribution in [1.82, 2.24) is 15.5 Å². The number of alkyl carbamates (subject to hydrolysis) is 1. The molecule has 1 saturated heterocycles. The minimum Gasteiger partial charge on any atom is -0.484 e. The Labute approximate surface area is 175 Å². The Morgan fingerprint density at radius 3 is 2.34 bits per heavy atom. The SMILES string of the molecule is CC(C)(C)OC(=O)NCC(=O)N1CCC(NC(=O)COc2ccc(Cl)cc2)CC1. The number of amides is 3. The molecule has 1 aliphatic heterocycles. The Bertz CT molecular complexity index is 710. The van der Waals surface area contributed by atoms with Crippen LogP contribution >= 0.6 is 11.6 Å². The van der Waals surface area contributed by atoms with Gasteiger partial charge in [-0.1, -0.05) is 11.6 Å². The van der Waals surface area contributed by atoms with Gasteiger partial charge in [0.25, 0.3) is 5.91 Å². The number of hydrogen-bond acceptors (Lipinski definition) is 5. The van der Waals surface area contributed by atoms with E-state index < -0.39 is 11.7 Å². The van der Waals surface area contributed by atoms with Gasteiger partial charge < -0.3 is 25.0 Å². The second kappa shape index (κ2) is 10.3. The van der Waals surface area contributed by atoms with Crippen molar-refractivity contribution >= 4 is 29.5 Å². The third-order valence-corrected chi connectivity index (χ3v) is 4.43. The quantitative estimate of drug-likeness (QED) is 0.729. The number of carbonyl (C=O) groups excluding carboxylic acids is 3. The predicted octanol–water partition coefficient (Wildman–Crippen LogP) is 2.35. The van der Waals surface area contributed by atoms with Crippen molar-refractivity contribution in [3.05, 3.63) is 29.3 Å². The third-order valence-electron chi connectivity index (χ3n) is 4.18. The number of benzene rings is 1. The highest BCUT2D eigenvalue weighted by atomic mass is 35.5. The van der Waals surface area contributed by atoms with Crippen LogP contribution < -0.4 is 15.4 Å². The molecule has 3 amide bonds. The fraction of sp³-hybridized carbons (Fsp3) is 0.550. The van der Waals surface area contributed by atoms with Crippen molar-refractivity contribution < 1.29 is 23.9 Å². The molecule has 1 fully saturated rings. The summed E-state index contributed by atoms with van der Waals surface area (Å²) in [5.41, 5.74) is -0.610. The number of piperidine rings is 1. The van der Waals surface area contributed by atoms with Crippen LogP contribution in [0.2, 0.25) is 5.02 Å². The Morgan fingerprint density at radius 1 is 1.14 bits per heavy atom. The van der Waals surface area contributed by atoms with Gasteiger partial charge in [0.1, 0.15) is 17.9 Å². The molecule has 29 heavy (non-hydrogen) atoms. The van der Waals surface area contributed by atoms with E-state index in [0.29, 0.717) is 36.7 Å². The largest absolute Gasteiger partial charge is 0.484 e. The van der Waals surface area contributed by atoms with E-state index in [0.717, 1.165) is 0 Å². The van der Waals surface area contributed by atoms with E-state index in [4.69, 9.17) is 21.1 Å². The van der Waals surface area contributed by atoms with Crippen LogP contribution in [0.1, 0.15) is 33.6 Å². The first-order chi connectivity index (χ1) is 13.6. The molecule has 2 N–H and O–H groups in total. The van der Waals surface area contributed by atoms with Gasteiger partial charge in [0.05, 0.1) is 0 Å². The Hall–Kier alpha value is -2.48. The van der Waals surface area contributed by atoms with Crippen LogP contribution in [0.15, 0.2) is 24.3 Å². The second-order valence-electron chi connectivity index (χ2n) is 7.82. The Kier molecular flexibility index (Phi) is 8.13. The standard InChI is InChI=1S/C20H28ClN3O5/c1-20(2,3)29-19(27)22-12-18(26)24-10-8-15(9-11-24)23-17(25)13-28-16-6-4-14(21)5-7-16/h4-7,15H,8-13H2,1-3H3,(H,22,27)(H,23,25). The summed E-state index contributed by atoms with van der Waals surface area (Å²) in [6.07, 6.45) is 0.670. The van der Waals surface area contributed by atoms with E-state index in [9.17, 15) is 14.4 Å². The molecule has 0 unspecified atom stereocenters. The molecule has 0 bridgehead atoms. The lowest BCUT2D eigenvalue weighted by molar-refractivity contribution is -0.131. The monoisotopic (exact) mass is 425 g/mol. The van der Waals surface area contributed by atoms with E-state index in [2.05, 4.69) is 10.6 Å². The summed E-state index contributed by atoms with van der Waals surface area (Å²) in [6.45, 7) is 6.10. The molecule has 1 aromatic rings. The maximum atomic E-state index is 12.2. The first-order valence-corrected chi connectivity index (χ1v) is 9.92. The molecular formula is C20H28ClN3O5. The average molecular weight is 426 g/mol. The lowest BCUT2D eigenvalue weighted by atomic mass is 10.0. The smallest absolute Gasteiger partial charge is 0.408 e. The molecule has 1 aliphatic rings. The number of nitrogens with zero attached hydrogens (tertiary/aromatic N) is 1. The number of halogens is 1. The van der Waals surface area contributed by atoms with Crippen molar-refractivity contribution in [2.24, 2.45) is 0 Å². The Balaban J connectivity index is 1.65. The number of ether oxygens (including phenoxy) is 2. The van der Waals surface area contributed by atoms with Gasteiger partial charge in [-0.3, -0.25) is 9.59 Å². The summed E-state index contributed by atoms with van der Waals surface area (Å²) < 4.78 is 10.5. The summed E-state index contributed by atoms with van der Waals surface area (Å²) in [5.74, 6) is 0.186. The zero-order chi connectivity index (χ0) is 21.4. The summed E-state index contributed by atoms with van der Waals surface area (Å²) in [7, 11) is 0. The molecule has 8 nitrogen and oxygen atoms in total. The molecule has 1 heterocycles. The molecule has 2 rings (SSSR count). The maximum Gasteiger partial charge on any atom is 0.408 e. The molecule has 0 atom stereocenters. The lowest BCUT2D eigenvalue weighted by Crippen LogP contribution is -2.49. The highest BCUT2D eigenvalue weighted by Crippen LogP contribution is 2.15. The fourth-order valence-electron chi connectivity index (χ4n) is 2.80. The van der Waals surface area contributed by atoms with Crippen molar-refractivity contribution in [3.63, 3.8) is 0 Å². The number of carbonyl (C=O) groups is 3. The van der Waals surface area contributed by atoms with Crippen LogP contribution in [0, 0.1) is 0 Å². The van der Waals surface area contributed by atoms with Crippen LogP contribution in [0.3, 0.4) is 0 Å². The number of rotatable bonds is 6. The first-order valence-electron chi connectivity index (χ1n) is 9.55. The zero-order valence-corrected chi connectivity index (χ0v) is 17.8. The van der Waals surface area contributed by atoms with Crippen LogP contribution in [0.4, 0.5) is 4.79 Å². The maximum absolute atomic E-state index is 12.2. The van der Waals surface area contributed by atoms with Gasteiger partial charge in [0.2, 0.25) is 5.91 Å². The molecule has 160 valence electrons. The molecule has 0 aliphatic carbocycles. The summed E-state index contributed by atoms with van der Waals surface area (Å²) >= 11 is 5.81. The topological polar surface area (TPSA) is 97.0 Å². The van der Waals surface area contributed by atoms with E-state index in [1.807, 2.05) is 0 Å². The van der Waals surface area contributed by atoms with Gasteiger partial charge in [0, 0.05) is 24.2 Å². The second-order valence-corrected chi connectivity index (χ2v) is 8.26. The van der Waals surface area contributed by atoms with Gasteiger partial charge in [-0.15, -0.1) is 0 Å².